The molecule has 1 aliphatic rings. The molecule has 24 heavy (non-hydrogen) atoms. The van der Waals surface area contributed by atoms with Gasteiger partial charge < -0.3 is 14.6 Å². The average molecular weight is 347 g/mol. The molecule has 5 nitrogen and oxygen atoms in total. The molecule has 0 radical (unpaired) electrons. The highest BCUT2D eigenvalue weighted by molar-refractivity contribution is 7.13. The minimum atomic E-state index is -0.150. The number of amides is 1. The van der Waals surface area contributed by atoms with Crippen LogP contribution >= 0.6 is 11.3 Å². The second kappa shape index (κ2) is 8.99. The molecule has 1 amide bonds. The zero-order valence-corrected chi connectivity index (χ0v) is 14.8. The van der Waals surface area contributed by atoms with Gasteiger partial charge in [0.15, 0.2) is 17.8 Å². The predicted molar refractivity (Wildman–Crippen MR) is 96.3 cm³/mol. The smallest absolute Gasteiger partial charge is 0.273 e. The van der Waals surface area contributed by atoms with Crippen molar-refractivity contribution in [3.63, 3.8) is 0 Å². The first kappa shape index (κ1) is 17.2. The van der Waals surface area contributed by atoms with Crippen molar-refractivity contribution < 1.29 is 9.21 Å². The standard InChI is InChI=1S/C18H25N3O2S/c22-18(16-17(23-14-20-16)15-8-7-13-24-15)19-9-3-1-4-10-21-11-5-2-6-12-21/h7-8,13-14H,1-6,9-12H2,(H,19,22). The van der Waals surface area contributed by atoms with Gasteiger partial charge >= 0.3 is 0 Å². The van der Waals surface area contributed by atoms with Gasteiger partial charge in [-0.15, -0.1) is 11.3 Å². The monoisotopic (exact) mass is 347 g/mol. The van der Waals surface area contributed by atoms with E-state index in [1.54, 1.807) is 11.3 Å². The molecular formula is C18H25N3O2S. The Bertz CT molecular complexity index is 618. The molecule has 0 atom stereocenters. The van der Waals surface area contributed by atoms with Gasteiger partial charge in [-0.2, -0.15) is 0 Å². The molecule has 0 aliphatic carbocycles. The Balaban J connectivity index is 1.35. The van der Waals surface area contributed by atoms with Crippen LogP contribution in [0.3, 0.4) is 0 Å². The molecule has 3 rings (SSSR count). The largest absolute Gasteiger partial charge is 0.442 e. The SMILES string of the molecule is O=C(NCCCCCN1CCCCC1)c1ncoc1-c1cccs1. The third kappa shape index (κ3) is 4.68. The normalized spacial score (nSPS) is 15.5. The summed E-state index contributed by atoms with van der Waals surface area (Å²) in [6, 6.07) is 3.87. The number of hydrogen-bond acceptors (Lipinski definition) is 5. The Labute approximate surface area is 147 Å². The first-order chi connectivity index (χ1) is 11.8. The highest BCUT2D eigenvalue weighted by Gasteiger charge is 2.18. The number of aromatic nitrogens is 1. The average Bonchev–Trinajstić information content (AvgIpc) is 3.29. The summed E-state index contributed by atoms with van der Waals surface area (Å²) in [4.78, 5) is 19.8. The predicted octanol–water partition coefficient (Wildman–Crippen LogP) is 3.79. The van der Waals surface area contributed by atoms with E-state index in [1.807, 2.05) is 17.5 Å². The van der Waals surface area contributed by atoms with Crippen LogP contribution in [0.1, 0.15) is 49.0 Å². The maximum atomic E-state index is 12.3. The summed E-state index contributed by atoms with van der Waals surface area (Å²) in [6.45, 7) is 4.40. The van der Waals surface area contributed by atoms with E-state index in [1.165, 1.54) is 51.7 Å². The van der Waals surface area contributed by atoms with Gasteiger partial charge in [0.25, 0.3) is 5.91 Å². The van der Waals surface area contributed by atoms with Gasteiger partial charge in [0, 0.05) is 6.54 Å². The first-order valence-electron chi connectivity index (χ1n) is 8.82. The summed E-state index contributed by atoms with van der Waals surface area (Å²) in [5.41, 5.74) is 0.380. The lowest BCUT2D eigenvalue weighted by Gasteiger charge is -2.26. The van der Waals surface area contributed by atoms with Crippen LogP contribution in [-0.2, 0) is 0 Å². The molecule has 1 saturated heterocycles. The summed E-state index contributed by atoms with van der Waals surface area (Å²) in [5, 5.41) is 4.92. The number of unbranched alkanes of at least 4 members (excludes halogenated alkanes) is 2. The molecule has 0 spiro atoms. The maximum absolute atomic E-state index is 12.3. The molecule has 130 valence electrons. The Morgan fingerprint density at radius 1 is 1.25 bits per heavy atom. The number of nitrogens with zero attached hydrogens (tertiary/aromatic N) is 2. The lowest BCUT2D eigenvalue weighted by Crippen LogP contribution is -2.30. The third-order valence-corrected chi connectivity index (χ3v) is 5.28. The summed E-state index contributed by atoms with van der Waals surface area (Å²) in [5.74, 6) is 0.413. The van der Waals surface area contributed by atoms with E-state index in [0.29, 0.717) is 18.0 Å². The molecule has 1 aliphatic heterocycles. The minimum absolute atomic E-state index is 0.150. The fraction of sp³-hybridized carbons (Fsp3) is 0.556. The first-order valence-corrected chi connectivity index (χ1v) is 9.70. The second-order valence-corrected chi connectivity index (χ2v) is 7.17. The molecule has 6 heteroatoms. The Kier molecular flexibility index (Phi) is 6.43. The maximum Gasteiger partial charge on any atom is 0.273 e. The second-order valence-electron chi connectivity index (χ2n) is 6.23. The number of oxazole rings is 1. The molecule has 0 saturated carbocycles. The Hall–Kier alpha value is -1.66. The molecule has 2 aromatic heterocycles. The number of rotatable bonds is 8. The number of piperidine rings is 1. The fourth-order valence-electron chi connectivity index (χ4n) is 3.10. The van der Waals surface area contributed by atoms with E-state index in [-0.39, 0.29) is 5.91 Å². The van der Waals surface area contributed by atoms with Crippen molar-refractivity contribution in [2.75, 3.05) is 26.2 Å². The topological polar surface area (TPSA) is 58.4 Å². The number of carbonyl (C=O) groups excluding carboxylic acids is 1. The summed E-state index contributed by atoms with van der Waals surface area (Å²) < 4.78 is 5.38. The number of hydrogen-bond donors (Lipinski definition) is 1. The van der Waals surface area contributed by atoms with Crippen LogP contribution in [0.25, 0.3) is 10.6 Å². The molecule has 1 fully saturated rings. The van der Waals surface area contributed by atoms with Crippen molar-refractivity contribution in [3.8, 4) is 10.6 Å². The summed E-state index contributed by atoms with van der Waals surface area (Å²) in [7, 11) is 0. The van der Waals surface area contributed by atoms with E-state index in [9.17, 15) is 4.79 Å². The zero-order valence-electron chi connectivity index (χ0n) is 14.0. The van der Waals surface area contributed by atoms with E-state index >= 15 is 0 Å². The molecule has 3 heterocycles. The van der Waals surface area contributed by atoms with E-state index in [0.717, 1.165) is 17.7 Å². The number of carbonyl (C=O) groups is 1. The van der Waals surface area contributed by atoms with Gasteiger partial charge in [-0.05, 0) is 56.8 Å². The fourth-order valence-corrected chi connectivity index (χ4v) is 3.81. The Morgan fingerprint density at radius 2 is 2.12 bits per heavy atom. The molecule has 2 aromatic rings. The summed E-state index contributed by atoms with van der Waals surface area (Å²) in [6.07, 6.45) is 8.78. The summed E-state index contributed by atoms with van der Waals surface area (Å²) >= 11 is 1.54. The lowest BCUT2D eigenvalue weighted by molar-refractivity contribution is 0.0948. The molecule has 0 bridgehead atoms. The molecule has 0 aromatic carbocycles. The quantitative estimate of drug-likeness (QED) is 0.738. The van der Waals surface area contributed by atoms with Crippen molar-refractivity contribution in [2.24, 2.45) is 0 Å². The minimum Gasteiger partial charge on any atom is -0.442 e. The van der Waals surface area contributed by atoms with Crippen molar-refractivity contribution >= 4 is 17.2 Å². The van der Waals surface area contributed by atoms with Crippen LogP contribution in [0.4, 0.5) is 0 Å². The van der Waals surface area contributed by atoms with Gasteiger partial charge in [0.2, 0.25) is 0 Å². The van der Waals surface area contributed by atoms with Gasteiger partial charge in [-0.1, -0.05) is 18.9 Å². The van der Waals surface area contributed by atoms with Gasteiger partial charge in [0.05, 0.1) is 4.88 Å². The lowest BCUT2D eigenvalue weighted by atomic mass is 10.1. The highest BCUT2D eigenvalue weighted by atomic mass is 32.1. The molecule has 0 unspecified atom stereocenters. The van der Waals surface area contributed by atoms with Gasteiger partial charge in [-0.25, -0.2) is 4.98 Å². The van der Waals surface area contributed by atoms with E-state index < -0.39 is 0 Å². The van der Waals surface area contributed by atoms with Crippen LogP contribution < -0.4 is 5.32 Å². The van der Waals surface area contributed by atoms with Crippen molar-refractivity contribution in [2.45, 2.75) is 38.5 Å². The number of nitrogens with one attached hydrogen (secondary N) is 1. The van der Waals surface area contributed by atoms with Gasteiger partial charge in [-0.3, -0.25) is 4.79 Å². The molecular weight excluding hydrogens is 322 g/mol. The van der Waals surface area contributed by atoms with E-state index in [2.05, 4.69) is 15.2 Å². The highest BCUT2D eigenvalue weighted by Crippen LogP contribution is 2.27. The van der Waals surface area contributed by atoms with Gasteiger partial charge in [0.1, 0.15) is 0 Å². The zero-order chi connectivity index (χ0) is 16.6. The van der Waals surface area contributed by atoms with Crippen LogP contribution in [0, 0.1) is 0 Å². The van der Waals surface area contributed by atoms with E-state index in [4.69, 9.17) is 4.42 Å². The third-order valence-electron chi connectivity index (χ3n) is 4.41. The molecule has 1 N–H and O–H groups in total. The van der Waals surface area contributed by atoms with Crippen LogP contribution in [-0.4, -0.2) is 42.0 Å². The van der Waals surface area contributed by atoms with Crippen LogP contribution in [0.2, 0.25) is 0 Å². The van der Waals surface area contributed by atoms with Crippen molar-refractivity contribution in [1.29, 1.82) is 0 Å². The Morgan fingerprint density at radius 3 is 2.92 bits per heavy atom. The number of thiophene rings is 1. The van der Waals surface area contributed by atoms with Crippen LogP contribution in [0.15, 0.2) is 28.3 Å². The van der Waals surface area contributed by atoms with Crippen molar-refractivity contribution in [1.82, 2.24) is 15.2 Å². The number of likely N-dealkylation sites (tertiary alicyclic amines) is 1. The van der Waals surface area contributed by atoms with Crippen molar-refractivity contribution in [3.05, 3.63) is 29.6 Å². The van der Waals surface area contributed by atoms with Crippen LogP contribution in [0.5, 0.6) is 0 Å².